The lowest BCUT2D eigenvalue weighted by molar-refractivity contribution is -0.117. The smallest absolute Gasteiger partial charge is 0.261 e. The minimum atomic E-state index is -0.358. The number of thiocarbonyl (C=S) groups is 1. The lowest BCUT2D eigenvalue weighted by atomic mass is 10.1. The maximum Gasteiger partial charge on any atom is 0.261 e. The lowest BCUT2D eigenvalue weighted by Crippen LogP contribution is -2.34. The second kappa shape index (κ2) is 10.9. The van der Waals surface area contributed by atoms with Gasteiger partial charge in [-0.1, -0.05) is 48.5 Å². The van der Waals surface area contributed by atoms with Crippen molar-refractivity contribution in [3.63, 3.8) is 0 Å². The fourth-order valence-electron chi connectivity index (χ4n) is 3.51. The Morgan fingerprint density at radius 1 is 0.912 bits per heavy atom. The maximum atomic E-state index is 12.9. The van der Waals surface area contributed by atoms with Gasteiger partial charge in [-0.3, -0.25) is 14.9 Å². The molecule has 0 spiro atoms. The molecule has 1 aliphatic rings. The molecule has 0 unspecified atom stereocenters. The van der Waals surface area contributed by atoms with Gasteiger partial charge in [0.25, 0.3) is 5.91 Å². The summed E-state index contributed by atoms with van der Waals surface area (Å²) in [5, 5.41) is 8.91. The Morgan fingerprint density at radius 2 is 1.59 bits per heavy atom. The Kier molecular flexibility index (Phi) is 7.54. The first-order valence-corrected chi connectivity index (χ1v) is 11.7. The zero-order valence-electron chi connectivity index (χ0n) is 19.0. The summed E-state index contributed by atoms with van der Waals surface area (Å²) in [6.45, 7) is 2.35. The van der Waals surface area contributed by atoms with Gasteiger partial charge in [0, 0.05) is 23.7 Å². The topological polar surface area (TPSA) is 79.5 Å². The summed E-state index contributed by atoms with van der Waals surface area (Å²) in [4.78, 5) is 25.0. The number of benzene rings is 3. The van der Waals surface area contributed by atoms with Gasteiger partial charge in [-0.25, -0.2) is 0 Å². The number of hydrogen-bond donors (Lipinski definition) is 3. The first kappa shape index (κ1) is 23.4. The zero-order valence-corrected chi connectivity index (χ0v) is 19.8. The van der Waals surface area contributed by atoms with Gasteiger partial charge >= 0.3 is 0 Å². The number of ether oxygens (including phenoxy) is 1. The van der Waals surface area contributed by atoms with Gasteiger partial charge in [-0.05, 0) is 67.4 Å². The molecule has 0 radical (unpaired) electrons. The Balaban J connectivity index is 1.36. The van der Waals surface area contributed by atoms with Gasteiger partial charge in [0.2, 0.25) is 5.91 Å². The molecule has 1 aliphatic carbocycles. The summed E-state index contributed by atoms with van der Waals surface area (Å²) in [6, 6.07) is 22.7. The minimum absolute atomic E-state index is 0.0417. The molecule has 1 saturated carbocycles. The van der Waals surface area contributed by atoms with E-state index in [2.05, 4.69) is 16.0 Å². The number of rotatable bonds is 8. The van der Waals surface area contributed by atoms with Crippen LogP contribution in [0.1, 0.15) is 34.3 Å². The molecule has 34 heavy (non-hydrogen) atoms. The van der Waals surface area contributed by atoms with Crippen LogP contribution in [0.15, 0.2) is 72.8 Å². The first-order chi connectivity index (χ1) is 16.5. The van der Waals surface area contributed by atoms with Gasteiger partial charge in [-0.15, -0.1) is 0 Å². The molecule has 0 aliphatic heterocycles. The number of carbonyl (C=O) groups is 2. The van der Waals surface area contributed by atoms with Crippen molar-refractivity contribution in [3.05, 3.63) is 89.5 Å². The number of hydrogen-bond acceptors (Lipinski definition) is 4. The molecule has 0 saturated heterocycles. The van der Waals surface area contributed by atoms with E-state index in [-0.39, 0.29) is 22.8 Å². The third kappa shape index (κ3) is 6.20. The highest BCUT2D eigenvalue weighted by Gasteiger charge is 2.29. The van der Waals surface area contributed by atoms with Gasteiger partial charge in [0.1, 0.15) is 5.75 Å². The van der Waals surface area contributed by atoms with Crippen LogP contribution in [-0.4, -0.2) is 23.5 Å². The fourth-order valence-corrected chi connectivity index (χ4v) is 3.72. The standard InChI is InChI=1S/C27H27N3O3S/c1-18-22(28-25(31)20-14-15-20)11-7-12-23(18)29-27(34)30-26(32)21-10-5-6-13-24(21)33-17-16-19-8-3-2-4-9-19/h2-13,20H,14-17H2,1H3,(H,28,31)(H2,29,30,32,34). The molecule has 0 atom stereocenters. The van der Waals surface area contributed by atoms with Gasteiger partial charge in [0.05, 0.1) is 12.2 Å². The van der Waals surface area contributed by atoms with Crippen LogP contribution in [0.3, 0.4) is 0 Å². The molecule has 7 heteroatoms. The number of para-hydroxylation sites is 1. The van der Waals surface area contributed by atoms with Crippen molar-refractivity contribution < 1.29 is 14.3 Å². The highest BCUT2D eigenvalue weighted by Crippen LogP contribution is 2.31. The highest BCUT2D eigenvalue weighted by molar-refractivity contribution is 7.80. The van der Waals surface area contributed by atoms with Crippen molar-refractivity contribution in [1.82, 2.24) is 5.32 Å². The number of carbonyl (C=O) groups excluding carboxylic acids is 2. The molecule has 3 aromatic rings. The van der Waals surface area contributed by atoms with Crippen molar-refractivity contribution in [2.75, 3.05) is 17.2 Å². The molecule has 174 valence electrons. The van der Waals surface area contributed by atoms with Crippen LogP contribution in [0.2, 0.25) is 0 Å². The number of nitrogens with one attached hydrogen (secondary N) is 3. The Labute approximate surface area is 204 Å². The van der Waals surface area contributed by atoms with E-state index in [0.29, 0.717) is 23.6 Å². The van der Waals surface area contributed by atoms with Crippen molar-refractivity contribution in [2.24, 2.45) is 5.92 Å². The molecule has 2 amide bonds. The van der Waals surface area contributed by atoms with Crippen LogP contribution in [0, 0.1) is 12.8 Å². The molecule has 4 rings (SSSR count). The Hall–Kier alpha value is -3.71. The van der Waals surface area contributed by atoms with Gasteiger partial charge in [0.15, 0.2) is 5.11 Å². The third-order valence-electron chi connectivity index (χ3n) is 5.64. The number of anilines is 2. The van der Waals surface area contributed by atoms with Crippen LogP contribution in [0.5, 0.6) is 5.75 Å². The predicted octanol–water partition coefficient (Wildman–Crippen LogP) is 5.09. The van der Waals surface area contributed by atoms with Crippen LogP contribution >= 0.6 is 12.2 Å². The maximum absolute atomic E-state index is 12.9. The molecule has 3 aromatic carbocycles. The van der Waals surface area contributed by atoms with Crippen molar-refractivity contribution in [1.29, 1.82) is 0 Å². The largest absolute Gasteiger partial charge is 0.492 e. The molecule has 0 aromatic heterocycles. The van der Waals surface area contributed by atoms with Crippen LogP contribution in [0.4, 0.5) is 11.4 Å². The van der Waals surface area contributed by atoms with E-state index in [0.717, 1.165) is 30.5 Å². The summed E-state index contributed by atoms with van der Waals surface area (Å²) < 4.78 is 5.89. The summed E-state index contributed by atoms with van der Waals surface area (Å²) in [5.74, 6) is 0.301. The monoisotopic (exact) mass is 473 g/mol. The fraction of sp³-hybridized carbons (Fsp3) is 0.222. The minimum Gasteiger partial charge on any atom is -0.492 e. The lowest BCUT2D eigenvalue weighted by Gasteiger charge is -2.16. The van der Waals surface area contributed by atoms with E-state index in [1.807, 2.05) is 61.5 Å². The summed E-state index contributed by atoms with van der Waals surface area (Å²) in [5.41, 5.74) is 3.86. The predicted molar refractivity (Wildman–Crippen MR) is 138 cm³/mol. The molecule has 0 heterocycles. The van der Waals surface area contributed by atoms with Crippen LogP contribution in [-0.2, 0) is 11.2 Å². The summed E-state index contributed by atoms with van der Waals surface area (Å²) in [6.07, 6.45) is 2.62. The molecule has 3 N–H and O–H groups in total. The quantitative estimate of drug-likeness (QED) is 0.397. The average Bonchev–Trinajstić information content (AvgIpc) is 3.68. The molecule has 1 fully saturated rings. The Morgan fingerprint density at radius 3 is 2.32 bits per heavy atom. The van der Waals surface area contributed by atoms with Crippen molar-refractivity contribution >= 4 is 40.5 Å². The van der Waals surface area contributed by atoms with E-state index < -0.39 is 0 Å². The van der Waals surface area contributed by atoms with Gasteiger partial charge in [-0.2, -0.15) is 0 Å². The third-order valence-corrected chi connectivity index (χ3v) is 5.84. The first-order valence-electron chi connectivity index (χ1n) is 11.3. The zero-order chi connectivity index (χ0) is 23.9. The van der Waals surface area contributed by atoms with Crippen molar-refractivity contribution in [2.45, 2.75) is 26.2 Å². The van der Waals surface area contributed by atoms with Gasteiger partial charge < -0.3 is 15.4 Å². The SMILES string of the molecule is Cc1c(NC(=O)C2CC2)cccc1NC(=S)NC(=O)c1ccccc1OCCc1ccccc1. The Bertz CT molecular complexity index is 1190. The van der Waals surface area contributed by atoms with Crippen LogP contribution < -0.4 is 20.7 Å². The molecular weight excluding hydrogens is 446 g/mol. The van der Waals surface area contributed by atoms with Crippen molar-refractivity contribution in [3.8, 4) is 5.75 Å². The second-order valence-corrected chi connectivity index (χ2v) is 8.64. The molecule has 0 bridgehead atoms. The van der Waals surface area contributed by atoms with E-state index in [1.165, 1.54) is 5.56 Å². The van der Waals surface area contributed by atoms with E-state index >= 15 is 0 Å². The second-order valence-electron chi connectivity index (χ2n) is 8.23. The van der Waals surface area contributed by atoms with E-state index in [4.69, 9.17) is 17.0 Å². The summed E-state index contributed by atoms with van der Waals surface area (Å²) >= 11 is 5.38. The normalized spacial score (nSPS) is 12.5. The van der Waals surface area contributed by atoms with Crippen LogP contribution in [0.25, 0.3) is 0 Å². The summed E-state index contributed by atoms with van der Waals surface area (Å²) in [7, 11) is 0. The molecule has 6 nitrogen and oxygen atoms in total. The number of amides is 2. The highest BCUT2D eigenvalue weighted by atomic mass is 32.1. The average molecular weight is 474 g/mol. The van der Waals surface area contributed by atoms with E-state index in [9.17, 15) is 9.59 Å². The molecular formula is C27H27N3O3S. The van der Waals surface area contributed by atoms with E-state index in [1.54, 1.807) is 18.2 Å².